The van der Waals surface area contributed by atoms with Crippen molar-refractivity contribution in [1.29, 1.82) is 5.41 Å². The lowest BCUT2D eigenvalue weighted by Crippen LogP contribution is -2.37. The predicted molar refractivity (Wildman–Crippen MR) is 130 cm³/mol. The van der Waals surface area contributed by atoms with Crippen molar-refractivity contribution in [3.05, 3.63) is 53.7 Å². The molecule has 0 spiro atoms. The van der Waals surface area contributed by atoms with Crippen LogP contribution in [-0.2, 0) is 6.54 Å². The van der Waals surface area contributed by atoms with Crippen LogP contribution < -0.4 is 16.2 Å². The summed E-state index contributed by atoms with van der Waals surface area (Å²) in [5, 5.41) is 34.7. The van der Waals surface area contributed by atoms with Gasteiger partial charge in [0.1, 0.15) is 11.5 Å². The largest absolute Gasteiger partial charge is 0.508 e. The summed E-state index contributed by atoms with van der Waals surface area (Å²) >= 11 is 0. The van der Waals surface area contributed by atoms with Gasteiger partial charge in [0.25, 0.3) is 0 Å². The van der Waals surface area contributed by atoms with Crippen LogP contribution in [0.15, 0.2) is 42.6 Å². The summed E-state index contributed by atoms with van der Waals surface area (Å²) < 4.78 is 2.29. The van der Waals surface area contributed by atoms with E-state index in [-0.39, 0.29) is 28.8 Å². The molecule has 0 bridgehead atoms. The van der Waals surface area contributed by atoms with Gasteiger partial charge in [-0.05, 0) is 80.1 Å². The molecular weight excluding hydrogens is 402 g/mol. The van der Waals surface area contributed by atoms with Gasteiger partial charge in [-0.1, -0.05) is 13.8 Å². The van der Waals surface area contributed by atoms with Crippen LogP contribution in [0.2, 0.25) is 0 Å². The Bertz CT molecular complexity index is 1110. The molecule has 1 fully saturated rings. The summed E-state index contributed by atoms with van der Waals surface area (Å²) in [5.74, 6) is 6.93. The van der Waals surface area contributed by atoms with E-state index >= 15 is 0 Å². The lowest BCUT2D eigenvalue weighted by Gasteiger charge is -2.23. The van der Waals surface area contributed by atoms with E-state index in [9.17, 15) is 10.2 Å². The Morgan fingerprint density at radius 1 is 1.16 bits per heavy atom. The van der Waals surface area contributed by atoms with E-state index in [1.807, 2.05) is 32.0 Å². The average molecular weight is 436 g/mol. The summed E-state index contributed by atoms with van der Waals surface area (Å²) in [5.41, 5.74) is 2.76. The van der Waals surface area contributed by atoms with Gasteiger partial charge in [0, 0.05) is 29.7 Å². The molecule has 0 unspecified atom stereocenters. The normalized spacial score (nSPS) is 14.9. The molecule has 1 aromatic heterocycles. The van der Waals surface area contributed by atoms with Crippen LogP contribution in [0.5, 0.6) is 11.5 Å². The monoisotopic (exact) mass is 435 g/mol. The molecule has 0 saturated carbocycles. The molecule has 6 N–H and O–H groups in total. The third-order valence-electron chi connectivity index (χ3n) is 6.53. The lowest BCUT2D eigenvalue weighted by molar-refractivity contribution is 0.339. The van der Waals surface area contributed by atoms with Crippen molar-refractivity contribution >= 4 is 22.4 Å². The third kappa shape index (κ3) is 4.45. The lowest BCUT2D eigenvalue weighted by atomic mass is 9.95. The minimum absolute atomic E-state index is 0.0184. The number of nitrogens with one attached hydrogen (secondary N) is 2. The number of hydrogen-bond acceptors (Lipinski definition) is 5. The zero-order valence-electron chi connectivity index (χ0n) is 18.8. The molecule has 7 nitrogen and oxygen atoms in total. The second-order valence-corrected chi connectivity index (χ2v) is 9.04. The van der Waals surface area contributed by atoms with E-state index in [2.05, 4.69) is 22.1 Å². The highest BCUT2D eigenvalue weighted by molar-refractivity contribution is 6.09. The summed E-state index contributed by atoms with van der Waals surface area (Å²) in [6.07, 6.45) is 5.79. The van der Waals surface area contributed by atoms with E-state index < -0.39 is 0 Å². The number of fused-ring (bicyclic) bond motifs is 1. The number of hydrogen-bond donors (Lipinski definition) is 5. The Morgan fingerprint density at radius 2 is 1.91 bits per heavy atom. The van der Waals surface area contributed by atoms with Gasteiger partial charge in [0.2, 0.25) is 0 Å². The van der Waals surface area contributed by atoms with E-state index in [0.717, 1.165) is 36.5 Å². The number of aromatic nitrogens is 1. The van der Waals surface area contributed by atoms with E-state index in [1.165, 1.54) is 30.3 Å². The molecule has 0 atom stereocenters. The molecule has 170 valence electrons. The number of benzene rings is 2. The van der Waals surface area contributed by atoms with Gasteiger partial charge in [-0.15, -0.1) is 0 Å². The average Bonchev–Trinajstić information content (AvgIpc) is 3.19. The zero-order valence-corrected chi connectivity index (χ0v) is 18.8. The molecule has 7 heteroatoms. The fourth-order valence-corrected chi connectivity index (χ4v) is 4.53. The molecule has 3 aromatic rings. The number of phenolic OH excluding ortho intramolecular Hbond substituents is 2. The quantitative estimate of drug-likeness (QED) is 0.172. The number of hydrazine groups is 1. The van der Waals surface area contributed by atoms with Crippen molar-refractivity contribution in [2.75, 3.05) is 18.1 Å². The van der Waals surface area contributed by atoms with Crippen molar-refractivity contribution in [1.82, 2.24) is 9.88 Å². The molecule has 2 aromatic carbocycles. The fourth-order valence-electron chi connectivity index (χ4n) is 4.53. The van der Waals surface area contributed by atoms with Gasteiger partial charge >= 0.3 is 0 Å². The molecule has 1 aliphatic heterocycles. The first-order chi connectivity index (χ1) is 15.3. The number of anilines is 1. The number of aryl methyl sites for hydroxylation is 1. The highest BCUT2D eigenvalue weighted by atomic mass is 16.3. The Morgan fingerprint density at radius 3 is 2.62 bits per heavy atom. The molecule has 32 heavy (non-hydrogen) atoms. The third-order valence-corrected chi connectivity index (χ3v) is 6.53. The van der Waals surface area contributed by atoms with Crippen LogP contribution >= 0.6 is 0 Å². The molecular formula is C25H33N5O2. The number of amidine groups is 1. The van der Waals surface area contributed by atoms with Gasteiger partial charge < -0.3 is 20.1 Å². The van der Waals surface area contributed by atoms with Crippen molar-refractivity contribution in [2.24, 2.45) is 11.8 Å². The van der Waals surface area contributed by atoms with E-state index in [0.29, 0.717) is 11.3 Å². The molecule has 2 heterocycles. The smallest absolute Gasteiger partial charge is 0.150 e. The highest BCUT2D eigenvalue weighted by Gasteiger charge is 2.19. The molecule has 4 rings (SSSR count). The molecule has 0 radical (unpaired) electrons. The Labute approximate surface area is 188 Å². The van der Waals surface area contributed by atoms with Gasteiger partial charge in [-0.3, -0.25) is 10.4 Å². The minimum Gasteiger partial charge on any atom is -0.508 e. The van der Waals surface area contributed by atoms with Crippen LogP contribution in [0.25, 0.3) is 10.9 Å². The number of nitrogens with two attached hydrogens (primary N) is 1. The summed E-state index contributed by atoms with van der Waals surface area (Å²) in [4.78, 5) is 0. The highest BCUT2D eigenvalue weighted by Crippen LogP contribution is 2.33. The molecule has 1 aliphatic rings. The zero-order chi connectivity index (χ0) is 22.8. The SMILES string of the molecule is CC(C)c1cc(C(=N)N(N)c2ccc3c(ccn3CCC3CCNCC3)c2)c(O)cc1O. The van der Waals surface area contributed by atoms with Gasteiger partial charge in [0.05, 0.1) is 11.3 Å². The summed E-state index contributed by atoms with van der Waals surface area (Å²) in [6.45, 7) is 7.13. The maximum atomic E-state index is 10.3. The van der Waals surface area contributed by atoms with Gasteiger partial charge in [0.15, 0.2) is 5.84 Å². The topological polar surface area (TPSA) is 111 Å². The number of rotatable bonds is 6. The van der Waals surface area contributed by atoms with Gasteiger partial charge in [-0.2, -0.15) is 0 Å². The maximum Gasteiger partial charge on any atom is 0.150 e. The number of nitrogens with zero attached hydrogens (tertiary/aromatic N) is 2. The predicted octanol–water partition coefficient (Wildman–Crippen LogP) is 4.27. The Kier molecular flexibility index (Phi) is 6.39. The van der Waals surface area contributed by atoms with Crippen molar-refractivity contribution < 1.29 is 10.2 Å². The maximum absolute atomic E-state index is 10.3. The first kappa shape index (κ1) is 22.2. The number of phenols is 2. The Balaban J connectivity index is 1.53. The van der Waals surface area contributed by atoms with Crippen molar-refractivity contribution in [3.8, 4) is 11.5 Å². The van der Waals surface area contributed by atoms with Crippen LogP contribution in [0, 0.1) is 11.3 Å². The second kappa shape index (κ2) is 9.22. The fraction of sp³-hybridized carbons (Fsp3) is 0.400. The van der Waals surface area contributed by atoms with Crippen LogP contribution in [0.3, 0.4) is 0 Å². The first-order valence-electron chi connectivity index (χ1n) is 11.3. The van der Waals surface area contributed by atoms with Crippen LogP contribution in [0.4, 0.5) is 5.69 Å². The first-order valence-corrected chi connectivity index (χ1v) is 11.3. The van der Waals surface area contributed by atoms with E-state index in [4.69, 9.17) is 11.3 Å². The molecule has 1 saturated heterocycles. The standard InChI is InChI=1S/C25H33N5O2/c1-16(2)20-14-21(24(32)15-23(20)31)25(26)30(27)19-3-4-22-18(13-19)8-12-29(22)11-7-17-5-9-28-10-6-17/h3-4,8,12-17,26,28,31-32H,5-7,9-11,27H2,1-2H3. The summed E-state index contributed by atoms with van der Waals surface area (Å²) in [7, 11) is 0. The minimum atomic E-state index is -0.169. The second-order valence-electron chi connectivity index (χ2n) is 9.04. The van der Waals surface area contributed by atoms with Crippen molar-refractivity contribution in [2.45, 2.75) is 45.6 Å². The molecule has 0 aliphatic carbocycles. The van der Waals surface area contributed by atoms with Gasteiger partial charge in [-0.25, -0.2) is 5.84 Å². The number of aromatic hydroxyl groups is 2. The summed E-state index contributed by atoms with van der Waals surface area (Å²) in [6, 6.07) is 10.9. The Hall–Kier alpha value is -3.03. The van der Waals surface area contributed by atoms with Crippen LogP contribution in [-0.4, -0.2) is 33.7 Å². The van der Waals surface area contributed by atoms with Crippen molar-refractivity contribution in [3.63, 3.8) is 0 Å². The van der Waals surface area contributed by atoms with Crippen LogP contribution in [0.1, 0.15) is 50.2 Å². The molecule has 0 amide bonds. The number of piperidine rings is 1. The van der Waals surface area contributed by atoms with E-state index in [1.54, 1.807) is 6.07 Å².